The third kappa shape index (κ3) is 2.51. The van der Waals surface area contributed by atoms with Gasteiger partial charge < -0.3 is 4.74 Å². The first-order valence-corrected chi connectivity index (χ1v) is 8.49. The molecule has 114 valence electrons. The van der Waals surface area contributed by atoms with E-state index in [4.69, 9.17) is 16.3 Å². The highest BCUT2D eigenvalue weighted by atomic mass is 35.5. The Balaban J connectivity index is 1.68. The lowest BCUT2D eigenvalue weighted by Crippen LogP contribution is -2.18. The molecule has 0 spiro atoms. The van der Waals surface area contributed by atoms with Crippen LogP contribution in [0, 0.1) is 17.8 Å². The molecule has 2 aromatic rings. The summed E-state index contributed by atoms with van der Waals surface area (Å²) in [5, 5.41) is 6.19. The maximum absolute atomic E-state index is 6.54. The van der Waals surface area contributed by atoms with Crippen molar-refractivity contribution in [2.75, 3.05) is 6.61 Å². The number of hydrogen-bond donors (Lipinski definition) is 0. The number of hydrogen-bond acceptors (Lipinski definition) is 2. The van der Waals surface area contributed by atoms with Crippen molar-refractivity contribution in [1.82, 2.24) is 9.78 Å². The summed E-state index contributed by atoms with van der Waals surface area (Å²) in [5.74, 6) is 7.13. The Hall–Kier alpha value is -1.50. The number of rotatable bonds is 1. The van der Waals surface area contributed by atoms with E-state index >= 15 is 0 Å². The molecule has 0 bridgehead atoms. The van der Waals surface area contributed by atoms with E-state index in [9.17, 15) is 0 Å². The molecule has 1 unspecified atom stereocenters. The van der Waals surface area contributed by atoms with Gasteiger partial charge in [0.05, 0.1) is 16.7 Å². The van der Waals surface area contributed by atoms with Crippen LogP contribution >= 0.6 is 11.6 Å². The summed E-state index contributed by atoms with van der Waals surface area (Å²) in [7, 11) is 0. The van der Waals surface area contributed by atoms with Crippen molar-refractivity contribution >= 4 is 22.5 Å². The van der Waals surface area contributed by atoms with Crippen molar-refractivity contribution in [3.63, 3.8) is 0 Å². The molecule has 3 nitrogen and oxygen atoms in total. The summed E-state index contributed by atoms with van der Waals surface area (Å²) in [4.78, 5) is 0. The highest BCUT2D eigenvalue weighted by Gasteiger charge is 2.20. The number of fused-ring (bicyclic) bond motifs is 1. The van der Waals surface area contributed by atoms with E-state index in [0.717, 1.165) is 35.9 Å². The first-order chi connectivity index (χ1) is 10.8. The van der Waals surface area contributed by atoms with E-state index < -0.39 is 0 Å². The van der Waals surface area contributed by atoms with E-state index in [2.05, 4.69) is 23.0 Å². The Morgan fingerprint density at radius 1 is 1.18 bits per heavy atom. The van der Waals surface area contributed by atoms with Gasteiger partial charge in [0.1, 0.15) is 0 Å². The first-order valence-electron chi connectivity index (χ1n) is 8.12. The van der Waals surface area contributed by atoms with Crippen LogP contribution in [0.25, 0.3) is 10.9 Å². The van der Waals surface area contributed by atoms with Crippen LogP contribution in [-0.4, -0.2) is 16.4 Å². The molecule has 2 heterocycles. The molecule has 1 saturated heterocycles. The van der Waals surface area contributed by atoms with Crippen molar-refractivity contribution in [1.29, 1.82) is 0 Å². The second-order valence-electron chi connectivity index (χ2n) is 6.17. The van der Waals surface area contributed by atoms with Gasteiger partial charge in [-0.2, -0.15) is 5.10 Å². The third-order valence-electron chi connectivity index (χ3n) is 4.66. The molecule has 22 heavy (non-hydrogen) atoms. The molecule has 2 aliphatic rings. The fourth-order valence-electron chi connectivity index (χ4n) is 3.06. The average Bonchev–Trinajstić information content (AvgIpc) is 2.93. The zero-order valence-electron chi connectivity index (χ0n) is 12.5. The second kappa shape index (κ2) is 5.95. The van der Waals surface area contributed by atoms with Crippen LogP contribution in [0.3, 0.4) is 0 Å². The summed E-state index contributed by atoms with van der Waals surface area (Å²) in [6.07, 6.45) is 8.96. The van der Waals surface area contributed by atoms with E-state index in [-0.39, 0.29) is 6.23 Å². The highest BCUT2D eigenvalue weighted by molar-refractivity contribution is 6.36. The average molecular weight is 315 g/mol. The number of aromatic nitrogens is 2. The molecular formula is C18H19ClN2O. The number of halogens is 1. The van der Waals surface area contributed by atoms with Gasteiger partial charge >= 0.3 is 0 Å². The van der Waals surface area contributed by atoms with Crippen LogP contribution in [0.1, 0.15) is 50.3 Å². The quantitative estimate of drug-likeness (QED) is 0.723. The topological polar surface area (TPSA) is 27.1 Å². The Bertz CT molecular complexity index is 746. The van der Waals surface area contributed by atoms with Crippen molar-refractivity contribution < 1.29 is 4.74 Å². The maximum atomic E-state index is 6.54. The summed E-state index contributed by atoms with van der Waals surface area (Å²) in [6, 6.07) is 4.08. The van der Waals surface area contributed by atoms with Crippen molar-refractivity contribution in [2.45, 2.75) is 44.8 Å². The molecule has 1 saturated carbocycles. The van der Waals surface area contributed by atoms with Gasteiger partial charge in [-0.3, -0.25) is 0 Å². The SMILES string of the molecule is Clc1c(C#CC2CCC2)ccc2c1cnn2C1CCCCO1. The van der Waals surface area contributed by atoms with E-state index in [1.165, 1.54) is 25.7 Å². The van der Waals surface area contributed by atoms with Crippen molar-refractivity contribution in [3.8, 4) is 11.8 Å². The molecule has 0 radical (unpaired) electrons. The summed E-state index contributed by atoms with van der Waals surface area (Å²) < 4.78 is 7.79. The van der Waals surface area contributed by atoms with Gasteiger partial charge in [0.15, 0.2) is 6.23 Å². The van der Waals surface area contributed by atoms with Gasteiger partial charge in [-0.25, -0.2) is 4.68 Å². The number of benzene rings is 1. The fraction of sp³-hybridized carbons (Fsp3) is 0.500. The Morgan fingerprint density at radius 3 is 2.82 bits per heavy atom. The highest BCUT2D eigenvalue weighted by Crippen LogP contribution is 2.31. The van der Waals surface area contributed by atoms with Crippen LogP contribution in [0.2, 0.25) is 5.02 Å². The van der Waals surface area contributed by atoms with E-state index in [0.29, 0.717) is 10.9 Å². The zero-order valence-corrected chi connectivity index (χ0v) is 13.3. The van der Waals surface area contributed by atoms with Gasteiger partial charge in [0.2, 0.25) is 0 Å². The van der Waals surface area contributed by atoms with E-state index in [1.807, 2.05) is 16.9 Å². The van der Waals surface area contributed by atoms with Gasteiger partial charge in [-0.1, -0.05) is 29.9 Å². The minimum absolute atomic E-state index is 0.0363. The standard InChI is InChI=1S/C18H19ClN2O/c19-18-14(8-7-13-4-3-5-13)9-10-16-15(18)12-20-21(16)17-6-1-2-11-22-17/h9-10,12-13,17H,1-6,11H2. The largest absolute Gasteiger partial charge is 0.356 e. The minimum atomic E-state index is 0.0363. The van der Waals surface area contributed by atoms with Crippen LogP contribution < -0.4 is 0 Å². The van der Waals surface area contributed by atoms with Gasteiger partial charge in [0.25, 0.3) is 0 Å². The van der Waals surface area contributed by atoms with Crippen molar-refractivity contribution in [2.24, 2.45) is 5.92 Å². The van der Waals surface area contributed by atoms with Gasteiger partial charge in [-0.15, -0.1) is 0 Å². The van der Waals surface area contributed by atoms with Crippen LogP contribution in [-0.2, 0) is 4.74 Å². The summed E-state index contributed by atoms with van der Waals surface area (Å²) >= 11 is 6.54. The number of ether oxygens (including phenoxy) is 1. The lowest BCUT2D eigenvalue weighted by Gasteiger charge is -2.23. The lowest BCUT2D eigenvalue weighted by atomic mass is 9.86. The molecule has 1 aliphatic carbocycles. The molecule has 1 aliphatic heterocycles. The Kier molecular flexibility index (Phi) is 3.82. The maximum Gasteiger partial charge on any atom is 0.150 e. The monoisotopic (exact) mass is 314 g/mol. The smallest absolute Gasteiger partial charge is 0.150 e. The molecule has 1 aromatic heterocycles. The fourth-order valence-corrected chi connectivity index (χ4v) is 3.32. The Morgan fingerprint density at radius 2 is 2.09 bits per heavy atom. The van der Waals surface area contributed by atoms with E-state index in [1.54, 1.807) is 0 Å². The molecule has 1 atom stereocenters. The predicted octanol–water partition coefficient (Wildman–Crippen LogP) is 4.54. The van der Waals surface area contributed by atoms with Crippen molar-refractivity contribution in [3.05, 3.63) is 28.9 Å². The third-order valence-corrected chi connectivity index (χ3v) is 5.07. The summed E-state index contributed by atoms with van der Waals surface area (Å²) in [5.41, 5.74) is 1.94. The summed E-state index contributed by atoms with van der Waals surface area (Å²) in [6.45, 7) is 0.810. The molecule has 0 N–H and O–H groups in total. The normalized spacial score (nSPS) is 22.1. The molecular weight excluding hydrogens is 296 g/mol. The van der Waals surface area contributed by atoms with Gasteiger partial charge in [-0.05, 0) is 44.2 Å². The van der Waals surface area contributed by atoms with Crippen LogP contribution in [0.5, 0.6) is 0 Å². The first kappa shape index (κ1) is 14.1. The second-order valence-corrected chi connectivity index (χ2v) is 6.55. The van der Waals surface area contributed by atoms with Crippen LogP contribution in [0.15, 0.2) is 18.3 Å². The molecule has 0 amide bonds. The molecule has 1 aromatic carbocycles. The van der Waals surface area contributed by atoms with Crippen LogP contribution in [0.4, 0.5) is 0 Å². The number of nitrogens with zero attached hydrogens (tertiary/aromatic N) is 2. The van der Waals surface area contributed by atoms with Gasteiger partial charge in [0, 0.05) is 23.5 Å². The minimum Gasteiger partial charge on any atom is -0.356 e. The zero-order chi connectivity index (χ0) is 14.9. The molecule has 4 rings (SSSR count). The molecule has 2 fully saturated rings. The predicted molar refractivity (Wildman–Crippen MR) is 87.8 cm³/mol. The Labute approximate surface area is 135 Å². The lowest BCUT2D eigenvalue weighted by molar-refractivity contribution is -0.0366. The molecule has 4 heteroatoms.